The van der Waals surface area contributed by atoms with Gasteiger partial charge in [0.15, 0.2) is 0 Å². The Morgan fingerprint density at radius 3 is 2.24 bits per heavy atom. The van der Waals surface area contributed by atoms with Crippen molar-refractivity contribution in [1.29, 1.82) is 0 Å². The Morgan fingerprint density at radius 1 is 0.905 bits per heavy atom. The number of hydrogen-bond acceptors (Lipinski definition) is 2. The highest BCUT2D eigenvalue weighted by Crippen LogP contribution is 2.37. The third kappa shape index (κ3) is 3.78. The molecule has 0 unspecified atom stereocenters. The molecule has 2 rings (SSSR count). The molecule has 0 fully saturated rings. The molecule has 2 heteroatoms. The number of ether oxygens (including phenoxy) is 2. The van der Waals surface area contributed by atoms with Crippen molar-refractivity contribution in [3.05, 3.63) is 59.7 Å². The molecule has 0 spiro atoms. The van der Waals surface area contributed by atoms with Crippen LogP contribution >= 0.6 is 0 Å². The molecule has 0 radical (unpaired) electrons. The summed E-state index contributed by atoms with van der Waals surface area (Å²) >= 11 is 0. The lowest BCUT2D eigenvalue weighted by Crippen LogP contribution is -2.19. The first-order valence-electron chi connectivity index (χ1n) is 7.33. The molecule has 0 aromatic heterocycles. The van der Waals surface area contributed by atoms with Crippen LogP contribution in [0.4, 0.5) is 0 Å². The highest BCUT2D eigenvalue weighted by atomic mass is 16.5. The molecule has 0 atom stereocenters. The second kappa shape index (κ2) is 6.66. The number of methoxy groups -OCH3 is 2. The molecule has 0 saturated heterocycles. The standard InChI is InChI=1S/C19H24O2/c1-19(2,13-12-15-8-6-5-7-9-15)17-11-10-16(20-3)14-18(17)21-4/h5-11,14H,12-13H2,1-4H3. The summed E-state index contributed by atoms with van der Waals surface area (Å²) in [6, 6.07) is 16.7. The maximum atomic E-state index is 5.55. The third-order valence-corrected chi connectivity index (χ3v) is 4.02. The lowest BCUT2D eigenvalue weighted by molar-refractivity contribution is 0.374. The topological polar surface area (TPSA) is 18.5 Å². The predicted molar refractivity (Wildman–Crippen MR) is 87.3 cm³/mol. The van der Waals surface area contributed by atoms with Gasteiger partial charge in [0.2, 0.25) is 0 Å². The molecular formula is C19H24O2. The molecule has 0 aliphatic heterocycles. The molecular weight excluding hydrogens is 260 g/mol. The van der Waals surface area contributed by atoms with Crippen LogP contribution in [0.5, 0.6) is 11.5 Å². The van der Waals surface area contributed by atoms with Gasteiger partial charge in [0.25, 0.3) is 0 Å². The highest BCUT2D eigenvalue weighted by Gasteiger charge is 2.24. The highest BCUT2D eigenvalue weighted by molar-refractivity contribution is 5.44. The van der Waals surface area contributed by atoms with E-state index in [-0.39, 0.29) is 5.41 Å². The summed E-state index contributed by atoms with van der Waals surface area (Å²) < 4.78 is 10.8. The largest absolute Gasteiger partial charge is 0.497 e. The average Bonchev–Trinajstić information content (AvgIpc) is 2.53. The first-order chi connectivity index (χ1) is 10.1. The van der Waals surface area contributed by atoms with Crippen molar-refractivity contribution in [3.8, 4) is 11.5 Å². The lowest BCUT2D eigenvalue weighted by Gasteiger charge is -2.27. The maximum absolute atomic E-state index is 5.55. The Morgan fingerprint density at radius 2 is 1.62 bits per heavy atom. The molecule has 2 aromatic rings. The van der Waals surface area contributed by atoms with E-state index < -0.39 is 0 Å². The van der Waals surface area contributed by atoms with Gasteiger partial charge in [-0.25, -0.2) is 0 Å². The number of aryl methyl sites for hydroxylation is 1. The van der Waals surface area contributed by atoms with E-state index >= 15 is 0 Å². The predicted octanol–water partition coefficient (Wildman–Crippen LogP) is 4.61. The lowest BCUT2D eigenvalue weighted by atomic mass is 9.79. The van der Waals surface area contributed by atoms with E-state index in [0.29, 0.717) is 0 Å². The van der Waals surface area contributed by atoms with E-state index in [1.165, 1.54) is 11.1 Å². The van der Waals surface area contributed by atoms with Crippen molar-refractivity contribution in [2.24, 2.45) is 0 Å². The van der Waals surface area contributed by atoms with Crippen molar-refractivity contribution in [2.75, 3.05) is 14.2 Å². The minimum atomic E-state index is 0.0491. The molecule has 0 saturated carbocycles. The summed E-state index contributed by atoms with van der Waals surface area (Å²) in [5.74, 6) is 1.72. The van der Waals surface area contributed by atoms with E-state index in [2.05, 4.69) is 50.2 Å². The van der Waals surface area contributed by atoms with Gasteiger partial charge in [0, 0.05) is 11.6 Å². The molecule has 0 aliphatic carbocycles. The molecule has 2 nitrogen and oxygen atoms in total. The quantitative estimate of drug-likeness (QED) is 0.771. The Hall–Kier alpha value is -1.96. The molecule has 0 amide bonds. The smallest absolute Gasteiger partial charge is 0.126 e. The van der Waals surface area contributed by atoms with E-state index in [4.69, 9.17) is 9.47 Å². The normalized spacial score (nSPS) is 11.2. The van der Waals surface area contributed by atoms with Crippen LogP contribution < -0.4 is 9.47 Å². The SMILES string of the molecule is COc1ccc(C(C)(C)CCc2ccccc2)c(OC)c1. The fourth-order valence-corrected chi connectivity index (χ4v) is 2.59. The third-order valence-electron chi connectivity index (χ3n) is 4.02. The van der Waals surface area contributed by atoms with Crippen LogP contribution in [-0.2, 0) is 11.8 Å². The zero-order valence-corrected chi connectivity index (χ0v) is 13.3. The van der Waals surface area contributed by atoms with Gasteiger partial charge in [-0.1, -0.05) is 50.2 Å². The summed E-state index contributed by atoms with van der Waals surface area (Å²) in [4.78, 5) is 0. The number of hydrogen-bond donors (Lipinski definition) is 0. The summed E-state index contributed by atoms with van der Waals surface area (Å²) in [5.41, 5.74) is 2.65. The van der Waals surface area contributed by atoms with Crippen molar-refractivity contribution in [3.63, 3.8) is 0 Å². The molecule has 0 heterocycles. The van der Waals surface area contributed by atoms with Crippen LogP contribution in [0.1, 0.15) is 31.4 Å². The van der Waals surface area contributed by atoms with Crippen molar-refractivity contribution < 1.29 is 9.47 Å². The van der Waals surface area contributed by atoms with E-state index in [1.807, 2.05) is 12.1 Å². The zero-order chi connectivity index (χ0) is 15.3. The van der Waals surface area contributed by atoms with Gasteiger partial charge in [0.1, 0.15) is 11.5 Å². The number of rotatable bonds is 6. The second-order valence-electron chi connectivity index (χ2n) is 5.94. The van der Waals surface area contributed by atoms with E-state index in [0.717, 1.165) is 24.3 Å². The Bertz CT molecular complexity index is 573. The minimum Gasteiger partial charge on any atom is -0.497 e. The van der Waals surface area contributed by atoms with E-state index in [1.54, 1.807) is 14.2 Å². The fourth-order valence-electron chi connectivity index (χ4n) is 2.59. The van der Waals surface area contributed by atoms with E-state index in [9.17, 15) is 0 Å². The molecule has 0 N–H and O–H groups in total. The Kier molecular flexibility index (Phi) is 4.89. The average molecular weight is 284 g/mol. The first kappa shape index (κ1) is 15.4. The van der Waals surface area contributed by atoms with Gasteiger partial charge in [-0.2, -0.15) is 0 Å². The first-order valence-corrected chi connectivity index (χ1v) is 7.33. The Labute approximate surface area is 127 Å². The fraction of sp³-hybridized carbons (Fsp3) is 0.368. The van der Waals surface area contributed by atoms with Crippen molar-refractivity contribution in [1.82, 2.24) is 0 Å². The van der Waals surface area contributed by atoms with Crippen molar-refractivity contribution >= 4 is 0 Å². The second-order valence-corrected chi connectivity index (χ2v) is 5.94. The van der Waals surface area contributed by atoms with Crippen LogP contribution in [0.2, 0.25) is 0 Å². The molecule has 112 valence electrons. The molecule has 0 bridgehead atoms. The summed E-state index contributed by atoms with van der Waals surface area (Å²) in [5, 5.41) is 0. The molecule has 0 aliphatic rings. The molecule has 2 aromatic carbocycles. The summed E-state index contributed by atoms with van der Waals surface area (Å²) in [6.07, 6.45) is 2.13. The van der Waals surface area contributed by atoms with Crippen molar-refractivity contribution in [2.45, 2.75) is 32.1 Å². The Balaban J connectivity index is 2.18. The van der Waals surface area contributed by atoms with Crippen LogP contribution in [0.15, 0.2) is 48.5 Å². The van der Waals surface area contributed by atoms with Gasteiger partial charge < -0.3 is 9.47 Å². The minimum absolute atomic E-state index is 0.0491. The van der Waals surface area contributed by atoms with Crippen LogP contribution in [0.25, 0.3) is 0 Å². The maximum Gasteiger partial charge on any atom is 0.126 e. The monoisotopic (exact) mass is 284 g/mol. The van der Waals surface area contributed by atoms with Crippen LogP contribution in [-0.4, -0.2) is 14.2 Å². The molecule has 21 heavy (non-hydrogen) atoms. The van der Waals surface area contributed by atoms with Gasteiger partial charge >= 0.3 is 0 Å². The van der Waals surface area contributed by atoms with Gasteiger partial charge in [0.05, 0.1) is 14.2 Å². The zero-order valence-electron chi connectivity index (χ0n) is 13.3. The van der Waals surface area contributed by atoms with Crippen LogP contribution in [0.3, 0.4) is 0 Å². The summed E-state index contributed by atoms with van der Waals surface area (Å²) in [7, 11) is 3.39. The van der Waals surface area contributed by atoms with Gasteiger partial charge in [-0.15, -0.1) is 0 Å². The van der Waals surface area contributed by atoms with Crippen LogP contribution in [0, 0.1) is 0 Å². The van der Waals surface area contributed by atoms with Gasteiger partial charge in [-0.05, 0) is 29.9 Å². The summed E-state index contributed by atoms with van der Waals surface area (Å²) in [6.45, 7) is 4.53. The van der Waals surface area contributed by atoms with Gasteiger partial charge in [-0.3, -0.25) is 0 Å². The number of benzene rings is 2.